The van der Waals surface area contributed by atoms with Crippen molar-refractivity contribution in [2.75, 3.05) is 6.54 Å². The summed E-state index contributed by atoms with van der Waals surface area (Å²) < 4.78 is 0. The number of carbonyl (C=O) groups is 2. The van der Waals surface area contributed by atoms with Crippen LogP contribution in [0.3, 0.4) is 0 Å². The molecule has 1 aliphatic rings. The highest BCUT2D eigenvalue weighted by molar-refractivity contribution is 6.00. The number of amides is 1. The maximum Gasteiger partial charge on any atom is 0.237 e. The molecule has 114 valence electrons. The van der Waals surface area contributed by atoms with Gasteiger partial charge < -0.3 is 10.6 Å². The smallest absolute Gasteiger partial charge is 0.237 e. The summed E-state index contributed by atoms with van der Waals surface area (Å²) in [5.74, 6) is 0.0302. The molecular weight excluding hydrogens is 264 g/mol. The Morgan fingerprint density at radius 2 is 2.10 bits per heavy atom. The van der Waals surface area contributed by atoms with Crippen LogP contribution in [0.5, 0.6) is 0 Å². The summed E-state index contributed by atoms with van der Waals surface area (Å²) in [7, 11) is 0. The lowest BCUT2D eigenvalue weighted by atomic mass is 9.92. The van der Waals surface area contributed by atoms with E-state index in [-0.39, 0.29) is 29.7 Å². The van der Waals surface area contributed by atoms with E-state index >= 15 is 0 Å². The SMILES string of the molecule is CCC(C)NC(=O)C1CC(C(=O)c2ccccc2C)CN1. The van der Waals surface area contributed by atoms with Gasteiger partial charge in [-0.15, -0.1) is 0 Å². The summed E-state index contributed by atoms with van der Waals surface area (Å²) in [6.07, 6.45) is 1.49. The van der Waals surface area contributed by atoms with E-state index < -0.39 is 0 Å². The summed E-state index contributed by atoms with van der Waals surface area (Å²) in [5.41, 5.74) is 1.77. The van der Waals surface area contributed by atoms with Gasteiger partial charge in [0.05, 0.1) is 6.04 Å². The first-order chi connectivity index (χ1) is 10.0. The minimum Gasteiger partial charge on any atom is -0.352 e. The van der Waals surface area contributed by atoms with Crippen LogP contribution in [0.2, 0.25) is 0 Å². The van der Waals surface area contributed by atoms with Crippen LogP contribution in [0.4, 0.5) is 0 Å². The highest BCUT2D eigenvalue weighted by Gasteiger charge is 2.34. The number of rotatable bonds is 5. The number of hydrogen-bond acceptors (Lipinski definition) is 3. The zero-order chi connectivity index (χ0) is 15.4. The Balaban J connectivity index is 1.98. The van der Waals surface area contributed by atoms with Gasteiger partial charge in [-0.25, -0.2) is 0 Å². The number of benzene rings is 1. The first kappa shape index (κ1) is 15.7. The molecule has 2 rings (SSSR count). The van der Waals surface area contributed by atoms with Crippen LogP contribution in [0, 0.1) is 12.8 Å². The summed E-state index contributed by atoms with van der Waals surface area (Å²) in [4.78, 5) is 24.6. The van der Waals surface area contributed by atoms with Crippen molar-refractivity contribution in [3.05, 3.63) is 35.4 Å². The quantitative estimate of drug-likeness (QED) is 0.816. The second kappa shape index (κ2) is 6.85. The van der Waals surface area contributed by atoms with Gasteiger partial charge in [0.2, 0.25) is 5.91 Å². The Kier molecular flexibility index (Phi) is 5.12. The lowest BCUT2D eigenvalue weighted by Crippen LogP contribution is -2.43. The van der Waals surface area contributed by atoms with Crippen molar-refractivity contribution in [1.82, 2.24) is 10.6 Å². The van der Waals surface area contributed by atoms with Gasteiger partial charge in [-0.05, 0) is 32.3 Å². The first-order valence-electron chi connectivity index (χ1n) is 7.66. The monoisotopic (exact) mass is 288 g/mol. The zero-order valence-corrected chi connectivity index (χ0v) is 13.0. The van der Waals surface area contributed by atoms with E-state index in [9.17, 15) is 9.59 Å². The molecular formula is C17H24N2O2. The first-order valence-corrected chi connectivity index (χ1v) is 7.66. The van der Waals surface area contributed by atoms with Crippen LogP contribution in [-0.2, 0) is 4.79 Å². The maximum absolute atomic E-state index is 12.5. The van der Waals surface area contributed by atoms with Gasteiger partial charge in [0.1, 0.15) is 0 Å². The second-order valence-electron chi connectivity index (χ2n) is 5.89. The molecule has 1 saturated heterocycles. The lowest BCUT2D eigenvalue weighted by Gasteiger charge is -2.15. The Hall–Kier alpha value is -1.68. The summed E-state index contributed by atoms with van der Waals surface area (Å²) in [6, 6.07) is 7.55. The predicted octanol–water partition coefficient (Wildman–Crippen LogP) is 2.07. The molecule has 3 unspecified atom stereocenters. The van der Waals surface area contributed by atoms with E-state index in [1.165, 1.54) is 0 Å². The third kappa shape index (κ3) is 3.70. The molecule has 4 nitrogen and oxygen atoms in total. The molecule has 1 aromatic rings. The van der Waals surface area contributed by atoms with Crippen molar-refractivity contribution in [2.24, 2.45) is 5.92 Å². The highest BCUT2D eigenvalue weighted by Crippen LogP contribution is 2.21. The number of carbonyl (C=O) groups excluding carboxylic acids is 2. The molecule has 1 heterocycles. The number of aryl methyl sites for hydroxylation is 1. The second-order valence-corrected chi connectivity index (χ2v) is 5.89. The predicted molar refractivity (Wildman–Crippen MR) is 83.3 cm³/mol. The Morgan fingerprint density at radius 1 is 1.38 bits per heavy atom. The molecule has 0 aromatic heterocycles. The lowest BCUT2D eigenvalue weighted by molar-refractivity contribution is -0.123. The zero-order valence-electron chi connectivity index (χ0n) is 13.0. The maximum atomic E-state index is 12.5. The fourth-order valence-corrected chi connectivity index (χ4v) is 2.65. The van der Waals surface area contributed by atoms with Gasteiger partial charge in [-0.3, -0.25) is 9.59 Å². The van der Waals surface area contributed by atoms with E-state index in [0.717, 1.165) is 17.5 Å². The van der Waals surface area contributed by atoms with Crippen molar-refractivity contribution in [3.8, 4) is 0 Å². The molecule has 1 amide bonds. The van der Waals surface area contributed by atoms with Crippen molar-refractivity contribution >= 4 is 11.7 Å². The van der Waals surface area contributed by atoms with Gasteiger partial charge in [-0.1, -0.05) is 31.2 Å². The van der Waals surface area contributed by atoms with E-state index in [1.54, 1.807) is 0 Å². The average Bonchev–Trinajstić information content (AvgIpc) is 2.96. The van der Waals surface area contributed by atoms with Gasteiger partial charge in [0.25, 0.3) is 0 Å². The molecule has 3 atom stereocenters. The minimum absolute atomic E-state index is 0.00411. The van der Waals surface area contributed by atoms with Crippen LogP contribution >= 0.6 is 0 Å². The van der Waals surface area contributed by atoms with Gasteiger partial charge in [0.15, 0.2) is 5.78 Å². The third-order valence-corrected chi connectivity index (χ3v) is 4.23. The van der Waals surface area contributed by atoms with Crippen LogP contribution in [-0.4, -0.2) is 30.3 Å². The van der Waals surface area contributed by atoms with E-state index in [0.29, 0.717) is 13.0 Å². The van der Waals surface area contributed by atoms with E-state index in [2.05, 4.69) is 10.6 Å². The molecule has 0 bridgehead atoms. The van der Waals surface area contributed by atoms with Crippen molar-refractivity contribution in [2.45, 2.75) is 45.7 Å². The summed E-state index contributed by atoms with van der Waals surface area (Å²) >= 11 is 0. The average molecular weight is 288 g/mol. The third-order valence-electron chi connectivity index (χ3n) is 4.23. The van der Waals surface area contributed by atoms with Crippen LogP contribution in [0.1, 0.15) is 42.6 Å². The van der Waals surface area contributed by atoms with Crippen molar-refractivity contribution in [3.63, 3.8) is 0 Å². The van der Waals surface area contributed by atoms with Crippen LogP contribution in [0.25, 0.3) is 0 Å². The molecule has 1 aliphatic heterocycles. The van der Waals surface area contributed by atoms with Crippen LogP contribution in [0.15, 0.2) is 24.3 Å². The Morgan fingerprint density at radius 3 is 2.76 bits per heavy atom. The topological polar surface area (TPSA) is 58.2 Å². The Bertz CT molecular complexity index is 527. The highest BCUT2D eigenvalue weighted by atomic mass is 16.2. The Labute approximate surface area is 126 Å². The molecule has 0 spiro atoms. The normalized spacial score (nSPS) is 22.8. The fourth-order valence-electron chi connectivity index (χ4n) is 2.65. The number of Topliss-reactive ketones (excluding diaryl/α,β-unsaturated/α-hetero) is 1. The molecule has 0 radical (unpaired) electrons. The van der Waals surface area contributed by atoms with E-state index in [4.69, 9.17) is 0 Å². The van der Waals surface area contributed by atoms with Crippen LogP contribution < -0.4 is 10.6 Å². The summed E-state index contributed by atoms with van der Waals surface area (Å²) in [6.45, 7) is 6.55. The molecule has 1 aromatic carbocycles. The molecule has 2 N–H and O–H groups in total. The molecule has 4 heteroatoms. The van der Waals surface area contributed by atoms with Crippen molar-refractivity contribution < 1.29 is 9.59 Å². The van der Waals surface area contributed by atoms with E-state index in [1.807, 2.05) is 45.0 Å². The number of nitrogens with one attached hydrogen (secondary N) is 2. The number of ketones is 1. The van der Waals surface area contributed by atoms with Gasteiger partial charge >= 0.3 is 0 Å². The molecule has 1 fully saturated rings. The number of hydrogen-bond donors (Lipinski definition) is 2. The molecule has 0 aliphatic carbocycles. The van der Waals surface area contributed by atoms with Crippen molar-refractivity contribution in [1.29, 1.82) is 0 Å². The van der Waals surface area contributed by atoms with Gasteiger partial charge in [-0.2, -0.15) is 0 Å². The standard InChI is InChI=1S/C17H24N2O2/c1-4-12(3)19-17(21)15-9-13(10-18-15)16(20)14-8-6-5-7-11(14)2/h5-8,12-13,15,18H,4,9-10H2,1-3H3,(H,19,21). The largest absolute Gasteiger partial charge is 0.352 e. The van der Waals surface area contributed by atoms with Gasteiger partial charge in [0, 0.05) is 24.1 Å². The molecule has 0 saturated carbocycles. The minimum atomic E-state index is -0.253. The summed E-state index contributed by atoms with van der Waals surface area (Å²) in [5, 5.41) is 6.14. The molecule has 21 heavy (non-hydrogen) atoms. The fraction of sp³-hybridized carbons (Fsp3) is 0.529.